The second-order valence-corrected chi connectivity index (χ2v) is 5.36. The quantitative estimate of drug-likeness (QED) is 0.607. The van der Waals surface area contributed by atoms with Gasteiger partial charge in [-0.15, -0.1) is 0 Å². The summed E-state index contributed by atoms with van der Waals surface area (Å²) >= 11 is 5.90. The van der Waals surface area contributed by atoms with Crippen LogP contribution in [0.2, 0.25) is 5.28 Å². The lowest BCUT2D eigenvalue weighted by Gasteiger charge is -2.17. The van der Waals surface area contributed by atoms with Gasteiger partial charge in [0.1, 0.15) is 11.6 Å². The molecule has 1 saturated heterocycles. The van der Waals surface area contributed by atoms with Gasteiger partial charge in [0.2, 0.25) is 5.28 Å². The fourth-order valence-corrected chi connectivity index (χ4v) is 2.60. The number of rotatable bonds is 4. The largest absolute Gasteiger partial charge is 0.461 e. The second-order valence-electron chi connectivity index (χ2n) is 5.02. The van der Waals surface area contributed by atoms with Crippen LogP contribution < -0.4 is 0 Å². The molecule has 0 radical (unpaired) electrons. The first kappa shape index (κ1) is 17.7. The number of benzene rings is 1. The Balaban J connectivity index is 2.23. The summed E-state index contributed by atoms with van der Waals surface area (Å²) in [6, 6.07) is 2.96. The first-order valence-electron chi connectivity index (χ1n) is 7.44. The van der Waals surface area contributed by atoms with Crippen molar-refractivity contribution in [3.8, 4) is 11.3 Å². The number of halogens is 3. The normalized spacial score (nSPS) is 14.7. The van der Waals surface area contributed by atoms with Crippen LogP contribution in [0.3, 0.4) is 0 Å². The van der Waals surface area contributed by atoms with Crippen molar-refractivity contribution in [1.82, 2.24) is 9.97 Å². The molecule has 132 valence electrons. The first-order valence-corrected chi connectivity index (χ1v) is 7.82. The zero-order chi connectivity index (χ0) is 18.0. The predicted molar refractivity (Wildman–Crippen MR) is 83.0 cm³/mol. The van der Waals surface area contributed by atoms with Crippen LogP contribution in [0.4, 0.5) is 8.78 Å². The van der Waals surface area contributed by atoms with Crippen molar-refractivity contribution in [2.75, 3.05) is 19.8 Å². The minimum absolute atomic E-state index is 0.0209. The maximum absolute atomic E-state index is 14.3. The van der Waals surface area contributed by atoms with Crippen LogP contribution >= 0.6 is 11.6 Å². The van der Waals surface area contributed by atoms with Crippen molar-refractivity contribution in [2.24, 2.45) is 0 Å². The van der Waals surface area contributed by atoms with Crippen LogP contribution in [0.5, 0.6) is 0 Å². The number of esters is 1. The molecule has 25 heavy (non-hydrogen) atoms. The number of hydrogen-bond donors (Lipinski definition) is 0. The fourth-order valence-electron chi connectivity index (χ4n) is 2.43. The summed E-state index contributed by atoms with van der Waals surface area (Å²) in [4.78, 5) is 20.2. The van der Waals surface area contributed by atoms with Crippen molar-refractivity contribution >= 4 is 17.6 Å². The molecule has 6 nitrogen and oxygen atoms in total. The average Bonchev–Trinajstić information content (AvgIpc) is 3.08. The lowest BCUT2D eigenvalue weighted by Crippen LogP contribution is -2.17. The number of hydrogen-bond acceptors (Lipinski definition) is 6. The summed E-state index contributed by atoms with van der Waals surface area (Å²) in [5.41, 5.74) is -0.184. The standard InChI is InChI=1S/C16H13ClF2N2O4/c1-2-23-14(22)13-11(15-24-5-6-25-15)12(20-16(17)21-13)9-4-3-8(18)7-10(9)19/h3-4,7,15H,2,5-6H2,1H3. The molecule has 2 heterocycles. The average molecular weight is 371 g/mol. The van der Waals surface area contributed by atoms with Gasteiger partial charge in [-0.2, -0.15) is 0 Å². The van der Waals surface area contributed by atoms with E-state index in [9.17, 15) is 13.6 Å². The van der Waals surface area contributed by atoms with Crippen LogP contribution in [0.1, 0.15) is 29.3 Å². The SMILES string of the molecule is CCOC(=O)c1nc(Cl)nc(-c2ccc(F)cc2F)c1C1OCCO1. The molecule has 0 N–H and O–H groups in total. The topological polar surface area (TPSA) is 70.5 Å². The van der Waals surface area contributed by atoms with Gasteiger partial charge < -0.3 is 14.2 Å². The third-order valence-electron chi connectivity index (χ3n) is 3.43. The van der Waals surface area contributed by atoms with Gasteiger partial charge in [-0.3, -0.25) is 0 Å². The molecule has 0 aliphatic carbocycles. The van der Waals surface area contributed by atoms with Gasteiger partial charge in [0.25, 0.3) is 0 Å². The molecule has 1 aliphatic heterocycles. The third kappa shape index (κ3) is 3.60. The number of aromatic nitrogens is 2. The molecule has 1 aromatic carbocycles. The smallest absolute Gasteiger partial charge is 0.357 e. The summed E-state index contributed by atoms with van der Waals surface area (Å²) < 4.78 is 43.3. The van der Waals surface area contributed by atoms with Crippen LogP contribution in [0.15, 0.2) is 18.2 Å². The van der Waals surface area contributed by atoms with E-state index in [1.54, 1.807) is 6.92 Å². The van der Waals surface area contributed by atoms with Crippen LogP contribution in [-0.2, 0) is 14.2 Å². The number of carbonyl (C=O) groups excluding carboxylic acids is 1. The Hall–Kier alpha value is -2.16. The molecule has 3 rings (SSSR count). The Bertz CT molecular complexity index is 813. The zero-order valence-corrected chi connectivity index (χ0v) is 13.8. The van der Waals surface area contributed by atoms with E-state index in [0.29, 0.717) is 6.07 Å². The van der Waals surface area contributed by atoms with Gasteiger partial charge in [-0.25, -0.2) is 23.5 Å². The summed E-state index contributed by atoms with van der Waals surface area (Å²) in [6.45, 7) is 2.29. The fraction of sp³-hybridized carbons (Fsp3) is 0.312. The summed E-state index contributed by atoms with van der Waals surface area (Å²) in [5.74, 6) is -2.39. The monoisotopic (exact) mass is 370 g/mol. The van der Waals surface area contributed by atoms with Crippen molar-refractivity contribution in [3.05, 3.63) is 46.4 Å². The van der Waals surface area contributed by atoms with E-state index in [1.165, 1.54) is 6.07 Å². The highest BCUT2D eigenvalue weighted by molar-refractivity contribution is 6.28. The number of ether oxygens (including phenoxy) is 3. The highest BCUT2D eigenvalue weighted by atomic mass is 35.5. The van der Waals surface area contributed by atoms with Crippen molar-refractivity contribution in [1.29, 1.82) is 0 Å². The minimum Gasteiger partial charge on any atom is -0.461 e. The molecule has 1 aromatic heterocycles. The van der Waals surface area contributed by atoms with Crippen molar-refractivity contribution in [3.63, 3.8) is 0 Å². The highest BCUT2D eigenvalue weighted by Crippen LogP contribution is 2.36. The molecule has 1 fully saturated rings. The Kier molecular flexibility index (Phi) is 5.22. The molecule has 1 aliphatic rings. The van der Waals surface area contributed by atoms with E-state index in [-0.39, 0.29) is 47.6 Å². The van der Waals surface area contributed by atoms with Crippen molar-refractivity contribution < 1.29 is 27.8 Å². The molecule has 0 bridgehead atoms. The van der Waals surface area contributed by atoms with Gasteiger partial charge in [0.15, 0.2) is 12.0 Å². The Morgan fingerprint density at radius 1 is 1.32 bits per heavy atom. The van der Waals surface area contributed by atoms with E-state index >= 15 is 0 Å². The summed E-state index contributed by atoms with van der Waals surface area (Å²) in [6.07, 6.45) is -0.990. The third-order valence-corrected chi connectivity index (χ3v) is 3.60. The van der Waals surface area contributed by atoms with Crippen LogP contribution in [0, 0.1) is 11.6 Å². The zero-order valence-electron chi connectivity index (χ0n) is 13.1. The molecule has 0 spiro atoms. The minimum atomic E-state index is -0.990. The van der Waals surface area contributed by atoms with E-state index in [2.05, 4.69) is 9.97 Å². The molecular formula is C16H13ClF2N2O4. The number of nitrogens with zero attached hydrogens (tertiary/aromatic N) is 2. The number of carbonyl (C=O) groups is 1. The second kappa shape index (κ2) is 7.38. The molecule has 2 aromatic rings. The molecule has 0 amide bonds. The van der Waals surface area contributed by atoms with Gasteiger partial charge in [0, 0.05) is 11.6 Å². The van der Waals surface area contributed by atoms with Gasteiger partial charge in [-0.05, 0) is 30.7 Å². The Labute approximate surface area is 146 Å². The summed E-state index contributed by atoms with van der Waals surface area (Å²) in [5, 5.41) is -0.288. The van der Waals surface area contributed by atoms with Crippen LogP contribution in [0.25, 0.3) is 11.3 Å². The predicted octanol–water partition coefficient (Wildman–Crippen LogP) is 3.30. The maximum atomic E-state index is 14.3. The summed E-state index contributed by atoms with van der Waals surface area (Å²) in [7, 11) is 0. The van der Waals surface area contributed by atoms with Gasteiger partial charge >= 0.3 is 5.97 Å². The Morgan fingerprint density at radius 2 is 2.04 bits per heavy atom. The maximum Gasteiger partial charge on any atom is 0.357 e. The van der Waals surface area contributed by atoms with E-state index in [0.717, 1.165) is 6.07 Å². The van der Waals surface area contributed by atoms with E-state index in [1.807, 2.05) is 0 Å². The first-order chi connectivity index (χ1) is 12.0. The molecule has 9 heteroatoms. The lowest BCUT2D eigenvalue weighted by atomic mass is 10.0. The molecular weight excluding hydrogens is 358 g/mol. The molecule has 0 saturated carbocycles. The van der Waals surface area contributed by atoms with E-state index in [4.69, 9.17) is 25.8 Å². The van der Waals surface area contributed by atoms with Crippen molar-refractivity contribution in [2.45, 2.75) is 13.2 Å². The highest BCUT2D eigenvalue weighted by Gasteiger charge is 2.32. The van der Waals surface area contributed by atoms with Crippen LogP contribution in [-0.4, -0.2) is 35.8 Å². The van der Waals surface area contributed by atoms with E-state index < -0.39 is 23.9 Å². The molecule has 0 unspecified atom stereocenters. The van der Waals surface area contributed by atoms with Gasteiger partial charge in [0.05, 0.1) is 31.1 Å². The lowest BCUT2D eigenvalue weighted by molar-refractivity contribution is -0.0450. The Morgan fingerprint density at radius 3 is 2.68 bits per heavy atom. The molecule has 0 atom stereocenters. The van der Waals surface area contributed by atoms with Gasteiger partial charge in [-0.1, -0.05) is 0 Å².